The molecule has 1 aliphatic heterocycles. The normalized spacial score (nSPS) is 21.6. The number of fused-ring (bicyclic) bond motifs is 1. The number of aromatic nitrogens is 2. The fraction of sp³-hybridized carbons (Fsp3) is 0.471. The van der Waals surface area contributed by atoms with E-state index in [1.807, 2.05) is 38.2 Å². The molecule has 1 fully saturated rings. The molecule has 122 valence electrons. The number of likely N-dealkylation sites (tertiary alicyclic amines) is 1. The van der Waals surface area contributed by atoms with Gasteiger partial charge in [-0.15, -0.1) is 0 Å². The highest BCUT2D eigenvalue weighted by Crippen LogP contribution is 2.25. The Hall–Kier alpha value is -2.37. The van der Waals surface area contributed by atoms with Crippen LogP contribution >= 0.6 is 0 Å². The van der Waals surface area contributed by atoms with Gasteiger partial charge in [0.15, 0.2) is 0 Å². The van der Waals surface area contributed by atoms with Crippen molar-refractivity contribution in [3.8, 4) is 0 Å². The van der Waals surface area contributed by atoms with Crippen LogP contribution in [0.25, 0.3) is 10.9 Å². The zero-order valence-electron chi connectivity index (χ0n) is 13.4. The first kappa shape index (κ1) is 15.5. The van der Waals surface area contributed by atoms with Gasteiger partial charge in [0, 0.05) is 25.0 Å². The van der Waals surface area contributed by atoms with Crippen molar-refractivity contribution in [2.45, 2.75) is 32.2 Å². The molecule has 1 aromatic heterocycles. The molecule has 1 saturated heterocycles. The van der Waals surface area contributed by atoms with Crippen molar-refractivity contribution in [1.29, 1.82) is 0 Å². The number of aliphatic carboxylic acids is 1. The molecular formula is C17H21N3O3. The first-order valence-electron chi connectivity index (χ1n) is 7.92. The highest BCUT2D eigenvalue weighted by atomic mass is 16.4. The molecule has 6 heteroatoms. The molecule has 1 aliphatic rings. The van der Waals surface area contributed by atoms with Crippen LogP contribution in [-0.4, -0.2) is 44.3 Å². The van der Waals surface area contributed by atoms with Crippen molar-refractivity contribution in [2.75, 3.05) is 6.54 Å². The van der Waals surface area contributed by atoms with Crippen molar-refractivity contribution >= 4 is 22.8 Å². The molecule has 0 spiro atoms. The van der Waals surface area contributed by atoms with E-state index in [0.29, 0.717) is 13.0 Å². The van der Waals surface area contributed by atoms with Crippen LogP contribution in [0.2, 0.25) is 0 Å². The standard InChI is InChI=1S/C17H21N3O3/c1-11-12(17(22)23)7-5-9-20(11)16(21)10-14-13-6-3-4-8-15(13)19(2)18-14/h3-4,6,8,11-12H,5,7,9-10H2,1-2H3,(H,22,23)/t11-,12-/m1/s1. The SMILES string of the molecule is C[C@@H]1[C@H](C(=O)O)CCCN1C(=O)Cc1nn(C)c2ccccc12. The van der Waals surface area contributed by atoms with Gasteiger partial charge < -0.3 is 10.0 Å². The van der Waals surface area contributed by atoms with E-state index in [4.69, 9.17) is 0 Å². The number of para-hydroxylation sites is 1. The molecule has 1 aromatic carbocycles. The fourth-order valence-electron chi connectivity index (χ4n) is 3.49. The van der Waals surface area contributed by atoms with Gasteiger partial charge in [0.1, 0.15) is 0 Å². The third-order valence-corrected chi connectivity index (χ3v) is 4.78. The van der Waals surface area contributed by atoms with Crippen molar-refractivity contribution in [1.82, 2.24) is 14.7 Å². The van der Waals surface area contributed by atoms with E-state index in [9.17, 15) is 14.7 Å². The number of benzene rings is 1. The number of aryl methyl sites for hydroxylation is 1. The zero-order valence-corrected chi connectivity index (χ0v) is 13.4. The highest BCUT2D eigenvalue weighted by molar-refractivity contribution is 5.88. The summed E-state index contributed by atoms with van der Waals surface area (Å²) in [6, 6.07) is 7.54. The Bertz CT molecular complexity index is 753. The van der Waals surface area contributed by atoms with Crippen LogP contribution in [0, 0.1) is 5.92 Å². The summed E-state index contributed by atoms with van der Waals surface area (Å²) in [7, 11) is 1.86. The lowest BCUT2D eigenvalue weighted by Gasteiger charge is -2.37. The Morgan fingerprint density at radius 3 is 2.83 bits per heavy atom. The zero-order chi connectivity index (χ0) is 16.6. The minimum absolute atomic E-state index is 0.0488. The predicted octanol–water partition coefficient (Wildman–Crippen LogP) is 1.83. The van der Waals surface area contributed by atoms with Crippen LogP contribution < -0.4 is 0 Å². The Balaban J connectivity index is 1.82. The Morgan fingerprint density at radius 1 is 1.35 bits per heavy atom. The number of nitrogens with zero attached hydrogens (tertiary/aromatic N) is 3. The molecule has 0 aliphatic carbocycles. The number of carboxylic acid groups (broad SMARTS) is 1. The summed E-state index contributed by atoms with van der Waals surface area (Å²) in [5.41, 5.74) is 1.74. The maximum atomic E-state index is 12.7. The molecule has 1 amide bonds. The van der Waals surface area contributed by atoms with Crippen LogP contribution in [0.3, 0.4) is 0 Å². The van der Waals surface area contributed by atoms with Gasteiger partial charge in [-0.1, -0.05) is 18.2 Å². The molecule has 2 atom stereocenters. The largest absolute Gasteiger partial charge is 0.481 e. The number of carboxylic acids is 1. The van der Waals surface area contributed by atoms with Crippen LogP contribution in [0.1, 0.15) is 25.5 Å². The molecule has 3 rings (SSSR count). The molecule has 0 radical (unpaired) electrons. The van der Waals surface area contributed by atoms with Gasteiger partial charge >= 0.3 is 5.97 Å². The maximum absolute atomic E-state index is 12.7. The summed E-state index contributed by atoms with van der Waals surface area (Å²) in [6.45, 7) is 2.45. The number of carbonyl (C=O) groups excluding carboxylic acids is 1. The molecule has 1 N–H and O–H groups in total. The summed E-state index contributed by atoms with van der Waals surface area (Å²) in [4.78, 5) is 25.7. The summed E-state index contributed by atoms with van der Waals surface area (Å²) in [5, 5.41) is 14.7. The summed E-state index contributed by atoms with van der Waals surface area (Å²) in [5.74, 6) is -1.35. The third kappa shape index (κ3) is 2.81. The second kappa shape index (κ2) is 6.02. The van der Waals surface area contributed by atoms with E-state index < -0.39 is 11.9 Å². The van der Waals surface area contributed by atoms with E-state index in [1.165, 1.54) is 0 Å². The fourth-order valence-corrected chi connectivity index (χ4v) is 3.49. The van der Waals surface area contributed by atoms with E-state index in [1.54, 1.807) is 9.58 Å². The summed E-state index contributed by atoms with van der Waals surface area (Å²) in [6.07, 6.45) is 1.57. The molecule has 2 heterocycles. The molecular weight excluding hydrogens is 294 g/mol. The lowest BCUT2D eigenvalue weighted by Crippen LogP contribution is -2.49. The molecule has 2 aromatic rings. The van der Waals surface area contributed by atoms with Crippen molar-refractivity contribution in [2.24, 2.45) is 13.0 Å². The maximum Gasteiger partial charge on any atom is 0.308 e. The smallest absolute Gasteiger partial charge is 0.308 e. The topological polar surface area (TPSA) is 75.4 Å². The number of carbonyl (C=O) groups is 2. The number of hydrogen-bond donors (Lipinski definition) is 1. The van der Waals surface area contributed by atoms with Crippen LogP contribution in [0.4, 0.5) is 0 Å². The monoisotopic (exact) mass is 315 g/mol. The van der Waals surface area contributed by atoms with Crippen LogP contribution in [-0.2, 0) is 23.1 Å². The lowest BCUT2D eigenvalue weighted by atomic mass is 9.90. The second-order valence-corrected chi connectivity index (χ2v) is 6.18. The van der Waals surface area contributed by atoms with Crippen LogP contribution in [0.5, 0.6) is 0 Å². The van der Waals surface area contributed by atoms with E-state index in [2.05, 4.69) is 5.10 Å². The van der Waals surface area contributed by atoms with Crippen molar-refractivity contribution < 1.29 is 14.7 Å². The van der Waals surface area contributed by atoms with Gasteiger partial charge in [0.2, 0.25) is 5.91 Å². The number of hydrogen-bond acceptors (Lipinski definition) is 3. The van der Waals surface area contributed by atoms with Gasteiger partial charge in [-0.05, 0) is 25.8 Å². The van der Waals surface area contributed by atoms with E-state index in [-0.39, 0.29) is 18.4 Å². The average Bonchev–Trinajstić information content (AvgIpc) is 2.84. The minimum atomic E-state index is -0.821. The minimum Gasteiger partial charge on any atom is -0.481 e. The summed E-state index contributed by atoms with van der Waals surface area (Å²) < 4.78 is 1.78. The van der Waals surface area contributed by atoms with Gasteiger partial charge in [-0.3, -0.25) is 14.3 Å². The van der Waals surface area contributed by atoms with Crippen LogP contribution in [0.15, 0.2) is 24.3 Å². The quantitative estimate of drug-likeness (QED) is 0.937. The van der Waals surface area contributed by atoms with Gasteiger partial charge in [0.05, 0.1) is 23.5 Å². The molecule has 6 nitrogen and oxygen atoms in total. The number of piperidine rings is 1. The molecule has 0 saturated carbocycles. The first-order chi connectivity index (χ1) is 11.0. The van der Waals surface area contributed by atoms with Crippen molar-refractivity contribution in [3.05, 3.63) is 30.0 Å². The lowest BCUT2D eigenvalue weighted by molar-refractivity contribution is -0.148. The third-order valence-electron chi connectivity index (χ3n) is 4.78. The Morgan fingerprint density at radius 2 is 2.09 bits per heavy atom. The van der Waals surface area contributed by atoms with E-state index in [0.717, 1.165) is 23.0 Å². The van der Waals surface area contributed by atoms with Gasteiger partial charge in [-0.2, -0.15) is 5.10 Å². The van der Waals surface area contributed by atoms with Gasteiger partial charge in [-0.25, -0.2) is 0 Å². The average molecular weight is 315 g/mol. The Labute approximate surface area is 134 Å². The van der Waals surface area contributed by atoms with E-state index >= 15 is 0 Å². The highest BCUT2D eigenvalue weighted by Gasteiger charge is 2.35. The molecule has 0 bridgehead atoms. The molecule has 0 unspecified atom stereocenters. The number of amides is 1. The van der Waals surface area contributed by atoms with Gasteiger partial charge in [0.25, 0.3) is 0 Å². The summed E-state index contributed by atoms with van der Waals surface area (Å²) >= 11 is 0. The Kier molecular flexibility index (Phi) is 4.07. The first-order valence-corrected chi connectivity index (χ1v) is 7.92. The second-order valence-electron chi connectivity index (χ2n) is 6.18. The molecule has 23 heavy (non-hydrogen) atoms. The predicted molar refractivity (Wildman–Crippen MR) is 86.0 cm³/mol. The van der Waals surface area contributed by atoms with Crippen molar-refractivity contribution in [3.63, 3.8) is 0 Å². The number of rotatable bonds is 3.